The van der Waals surface area contributed by atoms with Crippen LogP contribution >= 0.6 is 0 Å². The lowest BCUT2D eigenvalue weighted by atomic mass is 10.0. The van der Waals surface area contributed by atoms with Crippen LogP contribution in [0.15, 0.2) is 94.8 Å². The Labute approximate surface area is 177 Å². The maximum Gasteiger partial charge on any atom is 0.281 e. The van der Waals surface area contributed by atoms with Gasteiger partial charge in [0.1, 0.15) is 5.71 Å². The Morgan fingerprint density at radius 3 is 2.19 bits per heavy atom. The van der Waals surface area contributed by atoms with Crippen molar-refractivity contribution in [3.05, 3.63) is 122 Å². The summed E-state index contributed by atoms with van der Waals surface area (Å²) >= 11 is 0. The number of aromatic nitrogens is 2. The van der Waals surface area contributed by atoms with Crippen LogP contribution in [-0.2, 0) is 0 Å². The highest BCUT2D eigenvalue weighted by Gasteiger charge is 2.19. The molecule has 0 aliphatic heterocycles. The van der Waals surface area contributed by atoms with Gasteiger partial charge in [0, 0.05) is 23.4 Å². The van der Waals surface area contributed by atoms with Gasteiger partial charge in [-0.15, -0.1) is 0 Å². The molecule has 4 aromatic rings. The molecular formula is C23H19N5O3. The fourth-order valence-corrected chi connectivity index (χ4v) is 3.22. The van der Waals surface area contributed by atoms with E-state index in [1.165, 1.54) is 16.8 Å². The van der Waals surface area contributed by atoms with E-state index < -0.39 is 4.92 Å². The number of rotatable bonds is 6. The number of nitrogens with one attached hydrogen (secondary N) is 2. The zero-order chi connectivity index (χ0) is 21.8. The lowest BCUT2D eigenvalue weighted by Crippen LogP contribution is -2.22. The third-order valence-electron chi connectivity index (χ3n) is 4.74. The number of hydrogen-bond donors (Lipinski definition) is 2. The number of nitro benzene ring substituents is 1. The van der Waals surface area contributed by atoms with E-state index in [4.69, 9.17) is 0 Å². The number of hydrogen-bond acceptors (Lipinski definition) is 5. The van der Waals surface area contributed by atoms with Gasteiger partial charge >= 0.3 is 0 Å². The zero-order valence-electron chi connectivity index (χ0n) is 16.6. The van der Waals surface area contributed by atoms with Crippen molar-refractivity contribution in [2.75, 3.05) is 5.43 Å². The van der Waals surface area contributed by atoms with Crippen LogP contribution in [0, 0.1) is 17.0 Å². The van der Waals surface area contributed by atoms with Gasteiger partial charge in [0.05, 0.1) is 21.9 Å². The van der Waals surface area contributed by atoms with Crippen LogP contribution in [0.1, 0.15) is 16.8 Å². The summed E-state index contributed by atoms with van der Waals surface area (Å²) in [5, 5.41) is 18.5. The van der Waals surface area contributed by atoms with E-state index in [2.05, 4.69) is 15.6 Å². The molecule has 31 heavy (non-hydrogen) atoms. The molecule has 0 amide bonds. The van der Waals surface area contributed by atoms with Gasteiger partial charge in [-0.3, -0.25) is 25.4 Å². The Kier molecular flexibility index (Phi) is 5.44. The lowest BCUT2D eigenvalue weighted by molar-refractivity contribution is -0.384. The number of aryl methyl sites for hydroxylation is 1. The van der Waals surface area contributed by atoms with Crippen LogP contribution in [0.3, 0.4) is 0 Å². The van der Waals surface area contributed by atoms with Crippen molar-refractivity contribution < 1.29 is 4.92 Å². The van der Waals surface area contributed by atoms with Crippen molar-refractivity contribution in [2.24, 2.45) is 5.10 Å². The third kappa shape index (κ3) is 4.13. The quantitative estimate of drug-likeness (QED) is 0.280. The summed E-state index contributed by atoms with van der Waals surface area (Å²) in [4.78, 5) is 23.7. The van der Waals surface area contributed by atoms with Gasteiger partial charge in [0.15, 0.2) is 0 Å². The number of non-ortho nitro benzene ring substituents is 1. The van der Waals surface area contributed by atoms with Crippen LogP contribution in [0.5, 0.6) is 0 Å². The smallest absolute Gasteiger partial charge is 0.281 e. The number of benzene rings is 3. The topological polar surface area (TPSA) is 105 Å². The zero-order valence-corrected chi connectivity index (χ0v) is 16.6. The van der Waals surface area contributed by atoms with Gasteiger partial charge in [-0.2, -0.15) is 5.10 Å². The summed E-state index contributed by atoms with van der Waals surface area (Å²) in [6, 6.07) is 24.6. The molecule has 8 heteroatoms. The van der Waals surface area contributed by atoms with Crippen molar-refractivity contribution in [1.82, 2.24) is 9.78 Å². The van der Waals surface area contributed by atoms with Crippen LogP contribution in [0.25, 0.3) is 5.69 Å². The average molecular weight is 413 g/mol. The molecule has 0 atom stereocenters. The fourth-order valence-electron chi connectivity index (χ4n) is 3.22. The summed E-state index contributed by atoms with van der Waals surface area (Å²) < 4.78 is 1.48. The summed E-state index contributed by atoms with van der Waals surface area (Å²) in [5.41, 5.74) is 6.29. The van der Waals surface area contributed by atoms with E-state index in [1.54, 1.807) is 12.1 Å². The highest BCUT2D eigenvalue weighted by Crippen LogP contribution is 2.17. The molecular weight excluding hydrogens is 394 g/mol. The van der Waals surface area contributed by atoms with E-state index >= 15 is 0 Å². The summed E-state index contributed by atoms with van der Waals surface area (Å²) in [6.07, 6.45) is 0. The number of nitro groups is 1. The standard InChI is InChI=1S/C23H19N5O3/c1-16-21(23(29)27(26-16)19-10-6-3-7-11-19)22(17-8-4-2-5-9-17)25-24-18-12-14-20(15-13-18)28(30)31/h2-15,24,26H,1H3/b25-22+. The van der Waals surface area contributed by atoms with E-state index in [0.717, 1.165) is 11.3 Å². The molecule has 0 radical (unpaired) electrons. The van der Waals surface area contributed by atoms with Gasteiger partial charge in [-0.25, -0.2) is 4.68 Å². The van der Waals surface area contributed by atoms with Crippen molar-refractivity contribution in [2.45, 2.75) is 6.92 Å². The van der Waals surface area contributed by atoms with Crippen molar-refractivity contribution in [3.63, 3.8) is 0 Å². The van der Waals surface area contributed by atoms with Crippen LogP contribution in [-0.4, -0.2) is 20.4 Å². The SMILES string of the molecule is Cc1[nH]n(-c2ccccc2)c(=O)c1/C(=N/Nc1ccc([N+](=O)[O-])cc1)c1ccccc1. The van der Waals surface area contributed by atoms with E-state index in [0.29, 0.717) is 22.7 Å². The van der Waals surface area contributed by atoms with Crippen molar-refractivity contribution >= 4 is 17.1 Å². The van der Waals surface area contributed by atoms with Gasteiger partial charge < -0.3 is 0 Å². The minimum Gasteiger partial charge on any atom is -0.295 e. The normalized spacial score (nSPS) is 11.3. The summed E-state index contributed by atoms with van der Waals surface area (Å²) in [5.74, 6) is 0. The fraction of sp³-hybridized carbons (Fsp3) is 0.0435. The van der Waals surface area contributed by atoms with E-state index in [1.807, 2.05) is 67.6 Å². The molecule has 1 heterocycles. The molecule has 0 saturated heterocycles. The van der Waals surface area contributed by atoms with E-state index in [9.17, 15) is 14.9 Å². The first-order chi connectivity index (χ1) is 15.0. The molecule has 4 rings (SSSR count). The number of anilines is 1. The van der Waals surface area contributed by atoms with Crippen LogP contribution < -0.4 is 11.0 Å². The third-order valence-corrected chi connectivity index (χ3v) is 4.74. The molecule has 0 unspecified atom stereocenters. The Hall–Kier alpha value is -4.46. The average Bonchev–Trinajstić information content (AvgIpc) is 3.10. The second-order valence-electron chi connectivity index (χ2n) is 6.83. The maximum atomic E-state index is 13.3. The number of aromatic amines is 1. The molecule has 3 aromatic carbocycles. The Morgan fingerprint density at radius 1 is 0.968 bits per heavy atom. The first-order valence-corrected chi connectivity index (χ1v) is 9.55. The molecule has 2 N–H and O–H groups in total. The molecule has 0 spiro atoms. The van der Waals surface area contributed by atoms with Crippen LogP contribution in [0.2, 0.25) is 0 Å². The van der Waals surface area contributed by atoms with Gasteiger partial charge in [-0.05, 0) is 31.2 Å². The van der Waals surface area contributed by atoms with Gasteiger partial charge in [-0.1, -0.05) is 48.5 Å². The van der Waals surface area contributed by atoms with Gasteiger partial charge in [0.25, 0.3) is 11.2 Å². The predicted molar refractivity (Wildman–Crippen MR) is 120 cm³/mol. The minimum absolute atomic E-state index is 0.00922. The summed E-state index contributed by atoms with van der Waals surface area (Å²) in [6.45, 7) is 1.82. The first-order valence-electron chi connectivity index (χ1n) is 9.55. The molecule has 0 saturated carbocycles. The molecule has 0 aliphatic carbocycles. The minimum atomic E-state index is -0.461. The Morgan fingerprint density at radius 2 is 1.58 bits per heavy atom. The first kappa shape index (κ1) is 19.8. The number of hydrazone groups is 1. The highest BCUT2D eigenvalue weighted by molar-refractivity contribution is 6.13. The predicted octanol–water partition coefficient (Wildman–Crippen LogP) is 4.25. The molecule has 0 aliphatic rings. The number of H-pyrrole nitrogens is 1. The second-order valence-corrected chi connectivity index (χ2v) is 6.83. The number of para-hydroxylation sites is 1. The monoisotopic (exact) mass is 413 g/mol. The Bertz CT molecular complexity index is 1290. The molecule has 154 valence electrons. The molecule has 8 nitrogen and oxygen atoms in total. The van der Waals surface area contributed by atoms with Crippen LogP contribution in [0.4, 0.5) is 11.4 Å². The largest absolute Gasteiger partial charge is 0.295 e. The van der Waals surface area contributed by atoms with Gasteiger partial charge in [0.2, 0.25) is 0 Å². The lowest BCUT2D eigenvalue weighted by Gasteiger charge is -2.07. The highest BCUT2D eigenvalue weighted by atomic mass is 16.6. The molecule has 0 bridgehead atoms. The number of nitrogens with zero attached hydrogens (tertiary/aromatic N) is 3. The van der Waals surface area contributed by atoms with E-state index in [-0.39, 0.29) is 11.2 Å². The molecule has 1 aromatic heterocycles. The molecule has 0 fully saturated rings. The second kappa shape index (κ2) is 8.50. The van der Waals surface area contributed by atoms with Crippen molar-refractivity contribution in [1.29, 1.82) is 0 Å². The summed E-state index contributed by atoms with van der Waals surface area (Å²) in [7, 11) is 0. The maximum absolute atomic E-state index is 13.3. The van der Waals surface area contributed by atoms with Crippen molar-refractivity contribution in [3.8, 4) is 5.69 Å². The Balaban J connectivity index is 1.78.